The summed E-state index contributed by atoms with van der Waals surface area (Å²) in [6.07, 6.45) is 11.5. The predicted octanol–water partition coefficient (Wildman–Crippen LogP) is 3.25. The maximum absolute atomic E-state index is 11.3. The third kappa shape index (κ3) is 2.20. The summed E-state index contributed by atoms with van der Waals surface area (Å²) >= 11 is 0. The number of rotatable bonds is 0. The second-order valence-corrected chi connectivity index (χ2v) is 4.34. The number of fused-ring (bicyclic) bond motifs is 1. The standard InChI is InChI=1S/C12H18O/c13-12-7-3-6-10-4-1-2-5-11(10)8-9-12/h6,11H,1-5,7-9H2/b10-6-/t11-/m0/s1. The van der Waals surface area contributed by atoms with E-state index in [2.05, 4.69) is 6.08 Å². The van der Waals surface area contributed by atoms with Crippen molar-refractivity contribution in [2.75, 3.05) is 0 Å². The van der Waals surface area contributed by atoms with Gasteiger partial charge in [0.2, 0.25) is 0 Å². The number of hydrogen-bond donors (Lipinski definition) is 0. The largest absolute Gasteiger partial charge is 0.300 e. The van der Waals surface area contributed by atoms with E-state index in [1.54, 1.807) is 5.57 Å². The van der Waals surface area contributed by atoms with Crippen molar-refractivity contribution in [3.8, 4) is 0 Å². The fourth-order valence-electron chi connectivity index (χ4n) is 2.59. The molecule has 1 fully saturated rings. The molecule has 72 valence electrons. The van der Waals surface area contributed by atoms with Crippen LogP contribution < -0.4 is 0 Å². The molecule has 13 heavy (non-hydrogen) atoms. The lowest BCUT2D eigenvalue weighted by atomic mass is 9.79. The van der Waals surface area contributed by atoms with Crippen molar-refractivity contribution in [2.45, 2.75) is 51.4 Å². The molecule has 1 saturated carbocycles. The van der Waals surface area contributed by atoms with E-state index < -0.39 is 0 Å². The van der Waals surface area contributed by atoms with Crippen molar-refractivity contribution in [1.82, 2.24) is 0 Å². The zero-order valence-electron chi connectivity index (χ0n) is 8.22. The van der Waals surface area contributed by atoms with Crippen LogP contribution in [0, 0.1) is 5.92 Å². The van der Waals surface area contributed by atoms with E-state index in [-0.39, 0.29) is 0 Å². The number of Topliss-reactive ketones (excluding diaryl/α,β-unsaturated/α-hetero) is 1. The van der Waals surface area contributed by atoms with Crippen LogP contribution in [0.4, 0.5) is 0 Å². The maximum Gasteiger partial charge on any atom is 0.133 e. The van der Waals surface area contributed by atoms with Crippen molar-refractivity contribution in [2.24, 2.45) is 5.92 Å². The monoisotopic (exact) mass is 178 g/mol. The van der Waals surface area contributed by atoms with Crippen LogP contribution in [-0.2, 0) is 4.79 Å². The molecule has 2 rings (SSSR count). The normalized spacial score (nSPS) is 34.0. The summed E-state index contributed by atoms with van der Waals surface area (Å²) in [5.41, 5.74) is 1.67. The van der Waals surface area contributed by atoms with Crippen LogP contribution in [0.3, 0.4) is 0 Å². The Hall–Kier alpha value is -0.590. The smallest absolute Gasteiger partial charge is 0.133 e. The van der Waals surface area contributed by atoms with Crippen LogP contribution in [0.15, 0.2) is 11.6 Å². The lowest BCUT2D eigenvalue weighted by Gasteiger charge is -2.26. The molecule has 0 aromatic heterocycles. The number of ketones is 1. The molecule has 0 unspecified atom stereocenters. The topological polar surface area (TPSA) is 17.1 Å². The summed E-state index contributed by atoms with van der Waals surface area (Å²) in [6.45, 7) is 0. The molecule has 1 heteroatoms. The quantitative estimate of drug-likeness (QED) is 0.520. The molecule has 0 radical (unpaired) electrons. The molecule has 0 aromatic rings. The fourth-order valence-corrected chi connectivity index (χ4v) is 2.59. The molecule has 1 nitrogen and oxygen atoms in total. The van der Waals surface area contributed by atoms with Crippen LogP contribution in [-0.4, -0.2) is 5.78 Å². The Bertz CT molecular complexity index is 227. The molecule has 0 heterocycles. The Morgan fingerprint density at radius 2 is 2.00 bits per heavy atom. The van der Waals surface area contributed by atoms with Gasteiger partial charge in [0.15, 0.2) is 0 Å². The fraction of sp³-hybridized carbons (Fsp3) is 0.750. The van der Waals surface area contributed by atoms with Crippen LogP contribution in [0.1, 0.15) is 51.4 Å². The summed E-state index contributed by atoms with van der Waals surface area (Å²) in [6, 6.07) is 0. The summed E-state index contributed by atoms with van der Waals surface area (Å²) in [5.74, 6) is 1.24. The van der Waals surface area contributed by atoms with Crippen LogP contribution in [0.5, 0.6) is 0 Å². The van der Waals surface area contributed by atoms with Crippen LogP contribution in [0.25, 0.3) is 0 Å². The second-order valence-electron chi connectivity index (χ2n) is 4.34. The highest BCUT2D eigenvalue weighted by molar-refractivity contribution is 5.78. The van der Waals surface area contributed by atoms with Gasteiger partial charge in [0.25, 0.3) is 0 Å². The highest BCUT2D eigenvalue weighted by Crippen LogP contribution is 2.34. The minimum absolute atomic E-state index is 0.473. The van der Waals surface area contributed by atoms with Gasteiger partial charge in [-0.05, 0) is 38.0 Å². The molecule has 1 atom stereocenters. The molecule has 0 amide bonds. The number of allylic oxidation sites excluding steroid dienone is 2. The Morgan fingerprint density at radius 3 is 2.92 bits per heavy atom. The Kier molecular flexibility index (Phi) is 2.82. The van der Waals surface area contributed by atoms with Gasteiger partial charge in [-0.2, -0.15) is 0 Å². The number of carbonyl (C=O) groups excluding carboxylic acids is 1. The van der Waals surface area contributed by atoms with E-state index in [1.807, 2.05) is 0 Å². The van der Waals surface area contributed by atoms with Gasteiger partial charge in [0.05, 0.1) is 0 Å². The minimum atomic E-state index is 0.473. The molecule has 0 N–H and O–H groups in total. The highest BCUT2D eigenvalue weighted by atomic mass is 16.1. The minimum Gasteiger partial charge on any atom is -0.300 e. The van der Waals surface area contributed by atoms with Crippen molar-refractivity contribution in [1.29, 1.82) is 0 Å². The van der Waals surface area contributed by atoms with Gasteiger partial charge in [0.1, 0.15) is 5.78 Å². The molecule has 0 saturated heterocycles. The lowest BCUT2D eigenvalue weighted by Crippen LogP contribution is -2.14. The maximum atomic E-state index is 11.3. The molecule has 0 spiro atoms. The van der Waals surface area contributed by atoms with E-state index in [4.69, 9.17) is 0 Å². The molecular weight excluding hydrogens is 160 g/mol. The summed E-state index contributed by atoms with van der Waals surface area (Å²) in [7, 11) is 0. The Labute approximate surface area is 80.2 Å². The molecule has 0 aliphatic heterocycles. The molecule has 2 aliphatic rings. The van der Waals surface area contributed by atoms with E-state index in [0.717, 1.165) is 31.6 Å². The van der Waals surface area contributed by atoms with Crippen molar-refractivity contribution in [3.05, 3.63) is 11.6 Å². The van der Waals surface area contributed by atoms with E-state index in [1.165, 1.54) is 25.7 Å². The number of carbonyl (C=O) groups is 1. The SMILES string of the molecule is O=C1CC/C=C2/CCCC[C@H]2CC1. The lowest BCUT2D eigenvalue weighted by molar-refractivity contribution is -0.119. The summed E-state index contributed by atoms with van der Waals surface area (Å²) < 4.78 is 0. The molecule has 0 bridgehead atoms. The Morgan fingerprint density at radius 1 is 1.08 bits per heavy atom. The van der Waals surface area contributed by atoms with Gasteiger partial charge in [-0.25, -0.2) is 0 Å². The average molecular weight is 178 g/mol. The van der Waals surface area contributed by atoms with Crippen molar-refractivity contribution >= 4 is 5.78 Å². The van der Waals surface area contributed by atoms with Crippen molar-refractivity contribution < 1.29 is 4.79 Å². The first-order chi connectivity index (χ1) is 6.36. The van der Waals surface area contributed by atoms with Crippen LogP contribution in [0.2, 0.25) is 0 Å². The van der Waals surface area contributed by atoms with E-state index >= 15 is 0 Å². The van der Waals surface area contributed by atoms with Crippen LogP contribution >= 0.6 is 0 Å². The third-order valence-corrected chi connectivity index (χ3v) is 3.39. The first-order valence-electron chi connectivity index (χ1n) is 5.57. The van der Waals surface area contributed by atoms with Gasteiger partial charge in [-0.1, -0.05) is 18.1 Å². The first kappa shape index (κ1) is 8.98. The highest BCUT2D eigenvalue weighted by Gasteiger charge is 2.20. The van der Waals surface area contributed by atoms with E-state index in [0.29, 0.717) is 5.78 Å². The zero-order chi connectivity index (χ0) is 9.10. The zero-order valence-corrected chi connectivity index (χ0v) is 8.22. The molecular formula is C12H18O. The molecule has 2 aliphatic carbocycles. The van der Waals surface area contributed by atoms with Gasteiger partial charge in [-0.3, -0.25) is 4.79 Å². The average Bonchev–Trinajstić information content (AvgIpc) is 2.13. The van der Waals surface area contributed by atoms with Gasteiger partial charge < -0.3 is 0 Å². The summed E-state index contributed by atoms with van der Waals surface area (Å²) in [4.78, 5) is 11.3. The molecule has 0 aromatic carbocycles. The van der Waals surface area contributed by atoms with E-state index in [9.17, 15) is 4.79 Å². The summed E-state index contributed by atoms with van der Waals surface area (Å²) in [5, 5.41) is 0. The first-order valence-corrected chi connectivity index (χ1v) is 5.57. The third-order valence-electron chi connectivity index (χ3n) is 3.39. The van der Waals surface area contributed by atoms with Gasteiger partial charge in [-0.15, -0.1) is 0 Å². The van der Waals surface area contributed by atoms with Gasteiger partial charge >= 0.3 is 0 Å². The van der Waals surface area contributed by atoms with Crippen molar-refractivity contribution in [3.63, 3.8) is 0 Å². The number of hydrogen-bond acceptors (Lipinski definition) is 1. The van der Waals surface area contributed by atoms with Gasteiger partial charge in [0, 0.05) is 12.8 Å². The second kappa shape index (κ2) is 4.08. The predicted molar refractivity (Wildman–Crippen MR) is 53.5 cm³/mol. The Balaban J connectivity index is 2.06.